The molecule has 0 spiro atoms. The summed E-state index contributed by atoms with van der Waals surface area (Å²) in [6, 6.07) is 10.1. The minimum Gasteiger partial charge on any atom is -0.302 e. The first kappa shape index (κ1) is 17.4. The molecule has 0 aliphatic rings. The summed E-state index contributed by atoms with van der Waals surface area (Å²) in [6.45, 7) is 4.56. The number of hydrogen-bond donors (Lipinski definition) is 0. The Morgan fingerprint density at radius 3 is 2.24 bits per heavy atom. The van der Waals surface area contributed by atoms with Crippen LogP contribution < -0.4 is 0 Å². The van der Waals surface area contributed by atoms with E-state index in [1.807, 2.05) is 42.7 Å². The first-order valence-electron chi connectivity index (χ1n) is 7.47. The molecule has 2 aromatic heterocycles. The zero-order valence-electron chi connectivity index (χ0n) is 13.4. The van der Waals surface area contributed by atoms with E-state index in [2.05, 4.69) is 20.4 Å². The van der Waals surface area contributed by atoms with Crippen molar-refractivity contribution in [1.29, 1.82) is 0 Å². The topological polar surface area (TPSA) is 56.5 Å². The van der Waals surface area contributed by atoms with Crippen LogP contribution in [0.25, 0.3) is 11.4 Å². The van der Waals surface area contributed by atoms with Crippen molar-refractivity contribution in [2.24, 2.45) is 0 Å². The number of halogens is 3. The summed E-state index contributed by atoms with van der Waals surface area (Å²) in [7, 11) is 0. The first-order chi connectivity index (χ1) is 11.9. The highest BCUT2D eigenvalue weighted by molar-refractivity contribution is 7.99. The molecule has 0 aliphatic carbocycles. The largest absolute Gasteiger partial charge is 0.435 e. The van der Waals surface area contributed by atoms with Gasteiger partial charge in [0.25, 0.3) is 0 Å². The Hall–Kier alpha value is -2.42. The van der Waals surface area contributed by atoms with E-state index in [0.717, 1.165) is 29.0 Å². The second-order valence-electron chi connectivity index (χ2n) is 5.27. The highest BCUT2D eigenvalue weighted by Crippen LogP contribution is 2.31. The van der Waals surface area contributed by atoms with Gasteiger partial charge >= 0.3 is 6.18 Å². The van der Waals surface area contributed by atoms with E-state index in [4.69, 9.17) is 0 Å². The molecule has 3 aromatic rings. The molecule has 9 heteroatoms. The van der Waals surface area contributed by atoms with Crippen LogP contribution in [0.2, 0.25) is 0 Å². The molecule has 5 nitrogen and oxygen atoms in total. The number of rotatable bonds is 4. The average Bonchev–Trinajstić information content (AvgIpc) is 2.98. The highest BCUT2D eigenvalue weighted by Gasteiger charge is 2.33. The number of aromatic nitrogens is 5. The van der Waals surface area contributed by atoms with Crippen molar-refractivity contribution in [2.45, 2.75) is 36.8 Å². The summed E-state index contributed by atoms with van der Waals surface area (Å²) in [4.78, 5) is 0. The number of nitrogens with zero attached hydrogens (tertiary/aromatic N) is 5. The molecule has 3 rings (SSSR count). The van der Waals surface area contributed by atoms with E-state index >= 15 is 0 Å². The summed E-state index contributed by atoms with van der Waals surface area (Å²) in [6.07, 6.45) is -4.50. The summed E-state index contributed by atoms with van der Waals surface area (Å²) in [5.74, 6) is 0.699. The van der Waals surface area contributed by atoms with Gasteiger partial charge in [0.15, 0.2) is 16.7 Å². The fourth-order valence-corrected chi connectivity index (χ4v) is 3.00. The van der Waals surface area contributed by atoms with Crippen LogP contribution in [0.4, 0.5) is 13.2 Å². The minimum absolute atomic E-state index is 0.325. The van der Waals surface area contributed by atoms with Crippen molar-refractivity contribution in [3.05, 3.63) is 47.7 Å². The fourth-order valence-electron chi connectivity index (χ4n) is 2.18. The molecule has 0 aliphatic heterocycles. The molecule has 2 heterocycles. The maximum absolute atomic E-state index is 12.5. The third-order valence-corrected chi connectivity index (χ3v) is 4.38. The maximum atomic E-state index is 12.5. The Bertz CT molecular complexity index is 857. The Kier molecular flexibility index (Phi) is 4.76. The standard InChI is InChI=1S/C16H14F3N5S/c1-3-24-14(11-6-4-10(2)5-7-11)22-23-15(24)25-13-9-8-12(20-21-13)16(17,18)19/h4-9H,3H2,1-2H3. The van der Waals surface area contributed by atoms with Gasteiger partial charge in [-0.2, -0.15) is 13.2 Å². The molecule has 0 bridgehead atoms. The molecule has 1 aromatic carbocycles. The predicted molar refractivity (Wildman–Crippen MR) is 87.0 cm³/mol. The fraction of sp³-hybridized carbons (Fsp3) is 0.250. The molecular weight excluding hydrogens is 351 g/mol. The summed E-state index contributed by atoms with van der Waals surface area (Å²) in [5.41, 5.74) is 1.04. The first-order valence-corrected chi connectivity index (χ1v) is 8.29. The third kappa shape index (κ3) is 3.81. The Balaban J connectivity index is 1.87. The summed E-state index contributed by atoms with van der Waals surface area (Å²) >= 11 is 1.13. The van der Waals surface area contributed by atoms with Crippen molar-refractivity contribution in [3.63, 3.8) is 0 Å². The van der Waals surface area contributed by atoms with Crippen LogP contribution in [-0.4, -0.2) is 25.0 Å². The van der Waals surface area contributed by atoms with Crippen molar-refractivity contribution in [2.75, 3.05) is 0 Å². The molecule has 0 N–H and O–H groups in total. The van der Waals surface area contributed by atoms with Gasteiger partial charge in [-0.15, -0.1) is 20.4 Å². The zero-order valence-corrected chi connectivity index (χ0v) is 14.3. The molecule has 0 atom stereocenters. The lowest BCUT2D eigenvalue weighted by atomic mass is 10.1. The lowest BCUT2D eigenvalue weighted by molar-refractivity contribution is -0.141. The number of alkyl halides is 3. The van der Waals surface area contributed by atoms with Crippen LogP contribution in [0.1, 0.15) is 18.2 Å². The Morgan fingerprint density at radius 2 is 1.68 bits per heavy atom. The lowest BCUT2D eigenvalue weighted by Gasteiger charge is -2.08. The van der Waals surface area contributed by atoms with Crippen LogP contribution in [0.15, 0.2) is 46.6 Å². The van der Waals surface area contributed by atoms with Crippen LogP contribution >= 0.6 is 11.8 Å². The van der Waals surface area contributed by atoms with Crippen LogP contribution in [0, 0.1) is 6.92 Å². The number of hydrogen-bond acceptors (Lipinski definition) is 5. The molecule has 0 unspecified atom stereocenters. The zero-order chi connectivity index (χ0) is 18.0. The molecule has 0 saturated heterocycles. The van der Waals surface area contributed by atoms with Gasteiger partial charge in [-0.05, 0) is 37.7 Å². The summed E-state index contributed by atoms with van der Waals surface area (Å²) in [5, 5.41) is 16.1. The maximum Gasteiger partial charge on any atom is 0.435 e. The highest BCUT2D eigenvalue weighted by atomic mass is 32.2. The van der Waals surface area contributed by atoms with Crippen molar-refractivity contribution < 1.29 is 13.2 Å². The van der Waals surface area contributed by atoms with E-state index in [1.54, 1.807) is 0 Å². The van der Waals surface area contributed by atoms with Gasteiger partial charge in [-0.1, -0.05) is 29.8 Å². The predicted octanol–water partition coefficient (Wildman–Crippen LogP) is 4.23. The molecule has 0 amide bonds. The third-order valence-electron chi connectivity index (χ3n) is 3.47. The molecule has 130 valence electrons. The molecular formula is C16H14F3N5S. The van der Waals surface area contributed by atoms with Gasteiger partial charge in [0.1, 0.15) is 5.03 Å². The van der Waals surface area contributed by atoms with Crippen molar-refractivity contribution in [3.8, 4) is 11.4 Å². The van der Waals surface area contributed by atoms with Crippen LogP contribution in [0.3, 0.4) is 0 Å². The normalized spacial score (nSPS) is 11.7. The van der Waals surface area contributed by atoms with Crippen LogP contribution in [-0.2, 0) is 12.7 Å². The van der Waals surface area contributed by atoms with Crippen molar-refractivity contribution >= 4 is 11.8 Å². The van der Waals surface area contributed by atoms with Gasteiger partial charge in [0, 0.05) is 12.1 Å². The van der Waals surface area contributed by atoms with E-state index < -0.39 is 11.9 Å². The van der Waals surface area contributed by atoms with Gasteiger partial charge in [-0.3, -0.25) is 0 Å². The smallest absolute Gasteiger partial charge is 0.302 e. The monoisotopic (exact) mass is 365 g/mol. The SMILES string of the molecule is CCn1c(Sc2ccc(C(F)(F)F)nn2)nnc1-c1ccc(C)cc1. The lowest BCUT2D eigenvalue weighted by Crippen LogP contribution is -2.09. The van der Waals surface area contributed by atoms with Gasteiger partial charge in [-0.25, -0.2) is 0 Å². The van der Waals surface area contributed by atoms with Crippen LogP contribution in [0.5, 0.6) is 0 Å². The van der Waals surface area contributed by atoms with E-state index in [0.29, 0.717) is 22.6 Å². The molecule has 0 radical (unpaired) electrons. The van der Waals surface area contributed by atoms with Gasteiger partial charge < -0.3 is 4.57 Å². The van der Waals surface area contributed by atoms with Gasteiger partial charge in [0.2, 0.25) is 0 Å². The average molecular weight is 365 g/mol. The number of benzene rings is 1. The van der Waals surface area contributed by atoms with Crippen molar-refractivity contribution in [1.82, 2.24) is 25.0 Å². The molecule has 25 heavy (non-hydrogen) atoms. The molecule has 0 saturated carbocycles. The molecule has 0 fully saturated rings. The number of aryl methyl sites for hydroxylation is 1. The second-order valence-corrected chi connectivity index (χ2v) is 6.26. The Labute approximate surface area is 146 Å². The van der Waals surface area contributed by atoms with E-state index in [-0.39, 0.29) is 0 Å². The minimum atomic E-state index is -4.50. The quantitative estimate of drug-likeness (QED) is 0.692. The Morgan fingerprint density at radius 1 is 0.960 bits per heavy atom. The van der Waals surface area contributed by atoms with E-state index in [1.165, 1.54) is 6.07 Å². The van der Waals surface area contributed by atoms with Gasteiger partial charge in [0.05, 0.1) is 0 Å². The second kappa shape index (κ2) is 6.83. The van der Waals surface area contributed by atoms with E-state index in [9.17, 15) is 13.2 Å². The summed E-state index contributed by atoms with van der Waals surface area (Å²) < 4.78 is 39.5.